The van der Waals surface area contributed by atoms with Crippen LogP contribution >= 0.6 is 0 Å². The molecule has 0 radical (unpaired) electrons. The fraction of sp³-hybridized carbons (Fsp3) is 0.368. The largest absolute Gasteiger partial charge is 0.362 e. The molecule has 0 saturated carbocycles. The summed E-state index contributed by atoms with van der Waals surface area (Å²) in [6, 6.07) is 50.6. The van der Waals surface area contributed by atoms with Gasteiger partial charge in [0.1, 0.15) is 46.6 Å². The fourth-order valence-corrected chi connectivity index (χ4v) is 23.8. The predicted molar refractivity (Wildman–Crippen MR) is 503 cm³/mol. The van der Waals surface area contributed by atoms with Crippen molar-refractivity contribution in [3.63, 3.8) is 0 Å². The normalized spacial score (nSPS) is 17.8. The van der Waals surface area contributed by atoms with Gasteiger partial charge in [-0.05, 0) is 162 Å². The van der Waals surface area contributed by atoms with Crippen molar-refractivity contribution in [1.82, 2.24) is 76.7 Å². The van der Waals surface area contributed by atoms with Gasteiger partial charge in [-0.3, -0.25) is 38.8 Å². The lowest BCUT2D eigenvalue weighted by molar-refractivity contribution is 0.0998. The van der Waals surface area contributed by atoms with Crippen molar-refractivity contribution < 1.29 is 52.8 Å². The van der Waals surface area contributed by atoms with Gasteiger partial charge in [0.05, 0.1) is 116 Å². The minimum atomic E-state index is -3.55. The maximum atomic E-state index is 13.3. The van der Waals surface area contributed by atoms with Crippen LogP contribution in [-0.4, -0.2) is 264 Å². The highest BCUT2D eigenvalue weighted by Gasteiger charge is 2.35. The Bertz CT molecular complexity index is 6710. The molecule has 0 unspecified atom stereocenters. The molecule has 0 aliphatic carbocycles. The van der Waals surface area contributed by atoms with Crippen molar-refractivity contribution in [2.24, 2.45) is 0 Å². The second-order valence-electron chi connectivity index (χ2n) is 35.2. The summed E-state index contributed by atoms with van der Waals surface area (Å²) in [7, 11) is -14.1. The Hall–Kier alpha value is -11.5. The Kier molecular flexibility index (Phi) is 26.8. The maximum Gasteiger partial charge on any atom is 0.243 e. The number of sulfonamides is 4. The summed E-state index contributed by atoms with van der Waals surface area (Å²) in [5.74, 6) is 5.62. The molecular weight excluding hydrogens is 1740 g/mol. The molecule has 32 nitrogen and oxygen atoms in total. The van der Waals surface area contributed by atoms with Crippen LogP contribution in [0.5, 0.6) is 0 Å². The third-order valence-electron chi connectivity index (χ3n) is 24.9. The summed E-state index contributed by atoms with van der Waals surface area (Å²) < 4.78 is 111. The molecule has 4 saturated heterocycles. The average Bonchev–Trinajstić information content (AvgIpc) is 1.00. The van der Waals surface area contributed by atoms with E-state index >= 15 is 0 Å². The van der Waals surface area contributed by atoms with Crippen LogP contribution < -0.4 is 21.3 Å². The Morgan fingerprint density at radius 1 is 0.282 bits per heavy atom. The second-order valence-corrected chi connectivity index (χ2v) is 43.0. The minimum absolute atomic E-state index is 0.0265. The first-order chi connectivity index (χ1) is 62.9. The van der Waals surface area contributed by atoms with Gasteiger partial charge in [0.25, 0.3) is 0 Å². The van der Waals surface area contributed by atoms with E-state index in [2.05, 4.69) is 96.5 Å². The maximum absolute atomic E-state index is 13.3. The van der Waals surface area contributed by atoms with E-state index in [1.165, 1.54) is 0 Å². The molecule has 4 fully saturated rings. The van der Waals surface area contributed by atoms with Crippen molar-refractivity contribution in [1.29, 1.82) is 0 Å². The Balaban J connectivity index is 0.000000122. The number of ketones is 4. The Morgan fingerprint density at radius 3 is 0.809 bits per heavy atom. The number of benzene rings is 8. The summed E-state index contributed by atoms with van der Waals surface area (Å²) in [6.45, 7) is 24.3. The molecule has 12 aromatic rings. The number of hydrogen-bond acceptors (Lipinski definition) is 28. The average molecular weight is 1850 g/mol. The van der Waals surface area contributed by atoms with Crippen LogP contribution in [0.1, 0.15) is 133 Å². The van der Waals surface area contributed by atoms with Gasteiger partial charge < -0.3 is 21.3 Å². The number of nitrogens with one attached hydrogen (secondary N) is 4. The fourth-order valence-electron chi connectivity index (χ4n) is 17.8. The first kappa shape index (κ1) is 91.4. The molecule has 8 aliphatic heterocycles. The molecule has 682 valence electrons. The minimum Gasteiger partial charge on any atom is -0.362 e. The Morgan fingerprint density at radius 2 is 0.542 bits per heavy atom. The van der Waals surface area contributed by atoms with Gasteiger partial charge in [-0.1, -0.05) is 129 Å². The highest BCUT2D eigenvalue weighted by molar-refractivity contribution is 7.90. The van der Waals surface area contributed by atoms with Crippen LogP contribution in [0.2, 0.25) is 0 Å². The number of nitrogens with zero attached hydrogens (tertiary/aromatic N) is 16. The lowest BCUT2D eigenvalue weighted by Gasteiger charge is -2.23. The number of aryl methyl sites for hydroxylation is 3. The second kappa shape index (κ2) is 38.4. The molecule has 8 aromatic carbocycles. The van der Waals surface area contributed by atoms with Crippen molar-refractivity contribution in [2.75, 3.05) is 152 Å². The number of carbonyl (C=O) groups excluding carboxylic acids is 4. The monoisotopic (exact) mass is 1850 g/mol. The van der Waals surface area contributed by atoms with Crippen molar-refractivity contribution in [2.45, 2.75) is 118 Å². The van der Waals surface area contributed by atoms with E-state index in [1.54, 1.807) is 71.8 Å². The van der Waals surface area contributed by atoms with Gasteiger partial charge >= 0.3 is 0 Å². The number of rotatable bonds is 16. The van der Waals surface area contributed by atoms with Crippen LogP contribution in [0.25, 0.3) is 43.6 Å². The molecule has 0 amide bonds. The summed E-state index contributed by atoms with van der Waals surface area (Å²) in [5, 5.41) is 15.6. The summed E-state index contributed by atoms with van der Waals surface area (Å²) in [4.78, 5) is 96.3. The molecule has 0 spiro atoms. The number of Topliss-reactive ketones (excluding diaryl/α,β-unsaturated/α-hetero) is 4. The zero-order valence-electron chi connectivity index (χ0n) is 74.2. The van der Waals surface area contributed by atoms with E-state index in [1.807, 2.05) is 136 Å². The zero-order chi connectivity index (χ0) is 91.7. The van der Waals surface area contributed by atoms with E-state index in [4.69, 9.17) is 4.98 Å². The SMILES string of the molecule is CC(C)(C)c1ccc(S(=O)(=O)N2CCCN(Cc3nc4c5c(cccc5n3)C(=O)CN4)CC2)cc1.Cc1ccc(S(=O)(=O)N2CCCN(Cc3nc4c5c(cccc5n3)C(=O)CN4)CC2)cc1.Cc1ccc(S(=O)(=O)N2CCCN(Cc3nc4c5c(cccc5n3)C(=O)CN4)CC2)cc1.Cc1cccc(S(=O)(=O)N2CCCN(Cc3nc4c5c(cccc5n3)C(=O)CN4)CC2)c1. The molecule has 4 N–H and O–H groups in total. The third-order valence-corrected chi connectivity index (χ3v) is 32.5. The predicted octanol–water partition coefficient (Wildman–Crippen LogP) is 10.8. The van der Waals surface area contributed by atoms with Gasteiger partial charge in [-0.15, -0.1) is 0 Å². The highest BCUT2D eigenvalue weighted by atomic mass is 32.2. The third kappa shape index (κ3) is 20.1. The highest BCUT2D eigenvalue weighted by Crippen LogP contribution is 2.36. The first-order valence-corrected chi connectivity index (χ1v) is 50.1. The zero-order valence-corrected chi connectivity index (χ0v) is 77.4. The van der Waals surface area contributed by atoms with Crippen molar-refractivity contribution >= 4 is 130 Å². The quantitative estimate of drug-likeness (QED) is 0.0698. The standard InChI is InChI=1S/C26H31N5O3S.3C23H25N5O3S/c1-26(2,3)18-8-10-19(11-9-18)35(33,34)31-13-5-12-30(14-15-31)17-23-28-21-7-4-6-20-22(32)16-27-25(29-23)24(20)21;1-16-5-2-6-17(13-16)32(30,31)28-10-4-9-27(11-12-28)15-21-25-19-8-3-7-18-20(29)14-24-23(26-21)22(18)19;2*1-16-6-8-17(9-7-16)32(30,31)28-11-3-10-27(12-13-28)15-21-25-19-5-2-4-18-20(29)14-24-23(26-21)22(18)19/h4,6-11H,5,12-17H2,1-3H3,(H,27,28,29);2-3,5-8,13H,4,9-12,14-15H2,1H3,(H,24,25,26);2*2,4-9H,3,10-15H2,1H3,(H,24,25,26). The van der Waals surface area contributed by atoms with Gasteiger partial charge in [0, 0.05) is 101 Å². The molecule has 0 bridgehead atoms. The number of anilines is 4. The first-order valence-electron chi connectivity index (χ1n) is 44.4. The van der Waals surface area contributed by atoms with E-state index in [0.717, 1.165) is 118 Å². The van der Waals surface area contributed by atoms with Crippen LogP contribution in [0, 0.1) is 20.8 Å². The van der Waals surface area contributed by atoms with Crippen LogP contribution in [0.4, 0.5) is 23.3 Å². The van der Waals surface area contributed by atoms with Crippen molar-refractivity contribution in [3.05, 3.63) is 238 Å². The summed E-state index contributed by atoms with van der Waals surface area (Å²) in [6.07, 6.45) is 2.95. The lowest BCUT2D eigenvalue weighted by atomic mass is 9.87. The van der Waals surface area contributed by atoms with E-state index in [-0.39, 0.29) is 54.7 Å². The van der Waals surface area contributed by atoms with Gasteiger partial charge in [-0.25, -0.2) is 73.5 Å². The molecule has 131 heavy (non-hydrogen) atoms. The summed E-state index contributed by atoms with van der Waals surface area (Å²) >= 11 is 0. The molecule has 8 aliphatic rings. The topological polar surface area (TPSA) is 382 Å². The molecule has 4 aromatic heterocycles. The molecule has 12 heterocycles. The number of carbonyl (C=O) groups is 4. The summed E-state index contributed by atoms with van der Waals surface area (Å²) in [5.41, 5.74) is 9.73. The molecule has 0 atom stereocenters. The van der Waals surface area contributed by atoms with Crippen LogP contribution in [-0.2, 0) is 71.7 Å². The van der Waals surface area contributed by atoms with Crippen LogP contribution in [0.3, 0.4) is 0 Å². The van der Waals surface area contributed by atoms with Gasteiger partial charge in [-0.2, -0.15) is 17.2 Å². The van der Waals surface area contributed by atoms with E-state index < -0.39 is 40.1 Å². The van der Waals surface area contributed by atoms with Crippen LogP contribution in [0.15, 0.2) is 189 Å². The van der Waals surface area contributed by atoms with Gasteiger partial charge in [0.2, 0.25) is 40.1 Å². The molecule has 20 rings (SSSR count). The Labute approximate surface area is 762 Å². The lowest BCUT2D eigenvalue weighted by Crippen LogP contribution is -2.35. The number of hydrogen-bond donors (Lipinski definition) is 4. The van der Waals surface area contributed by atoms with E-state index in [0.29, 0.717) is 193 Å². The van der Waals surface area contributed by atoms with Crippen molar-refractivity contribution in [3.8, 4) is 0 Å². The molecule has 36 heteroatoms. The smallest absolute Gasteiger partial charge is 0.243 e. The van der Waals surface area contributed by atoms with Gasteiger partial charge in [0.15, 0.2) is 23.1 Å². The number of aromatic nitrogens is 8. The van der Waals surface area contributed by atoms with E-state index in [9.17, 15) is 52.8 Å². The molecular formula is C95H106N20O12S4.